The molecule has 25 heavy (non-hydrogen) atoms. The Hall–Kier alpha value is -2.74. The van der Waals surface area contributed by atoms with E-state index in [1.165, 1.54) is 12.1 Å². The van der Waals surface area contributed by atoms with Gasteiger partial charge in [-0.25, -0.2) is 0 Å². The van der Waals surface area contributed by atoms with Crippen LogP contribution in [0.1, 0.15) is 30.1 Å². The van der Waals surface area contributed by atoms with Gasteiger partial charge in [0.15, 0.2) is 0 Å². The van der Waals surface area contributed by atoms with Gasteiger partial charge in [0.1, 0.15) is 5.69 Å². The van der Waals surface area contributed by atoms with Gasteiger partial charge in [0.25, 0.3) is 11.6 Å². The van der Waals surface area contributed by atoms with Crippen LogP contribution in [0.4, 0.5) is 5.69 Å². The highest BCUT2D eigenvalue weighted by Gasteiger charge is 2.26. The second-order valence-corrected chi connectivity index (χ2v) is 6.18. The van der Waals surface area contributed by atoms with Crippen LogP contribution in [0.15, 0.2) is 30.5 Å². The molecule has 0 bridgehead atoms. The molecule has 8 heteroatoms. The van der Waals surface area contributed by atoms with Gasteiger partial charge in [0.05, 0.1) is 22.6 Å². The molecule has 0 unspecified atom stereocenters. The zero-order valence-corrected chi connectivity index (χ0v) is 14.1. The fourth-order valence-corrected chi connectivity index (χ4v) is 2.98. The number of nitro groups is 1. The molecule has 1 aromatic heterocycles. The number of non-ortho nitro benzene ring substituents is 1. The quantitative estimate of drug-likeness (QED) is 0.663. The van der Waals surface area contributed by atoms with Gasteiger partial charge in [-0.05, 0) is 31.9 Å². The van der Waals surface area contributed by atoms with Gasteiger partial charge >= 0.3 is 0 Å². The summed E-state index contributed by atoms with van der Waals surface area (Å²) < 4.78 is 7.17. The lowest BCUT2D eigenvalue weighted by atomic mass is 10.1. The Morgan fingerprint density at radius 1 is 1.44 bits per heavy atom. The Kier molecular flexibility index (Phi) is 4.80. The van der Waals surface area contributed by atoms with Crippen molar-refractivity contribution in [3.8, 4) is 11.3 Å². The molecule has 2 atom stereocenters. The minimum atomic E-state index is -0.459. The molecule has 2 aromatic rings. The Morgan fingerprint density at radius 2 is 2.16 bits per heavy atom. The van der Waals surface area contributed by atoms with Crippen LogP contribution in [-0.4, -0.2) is 39.4 Å². The van der Waals surface area contributed by atoms with Gasteiger partial charge in [0.2, 0.25) is 0 Å². The molecule has 1 fully saturated rings. The van der Waals surface area contributed by atoms with E-state index in [1.807, 2.05) is 6.92 Å². The van der Waals surface area contributed by atoms with E-state index in [0.717, 1.165) is 19.4 Å². The lowest BCUT2D eigenvalue weighted by Crippen LogP contribution is -2.40. The lowest BCUT2D eigenvalue weighted by molar-refractivity contribution is -0.384. The number of ether oxygens (including phenoxy) is 1. The zero-order valence-electron chi connectivity index (χ0n) is 14.1. The molecular formula is C17H20N4O4. The second-order valence-electron chi connectivity index (χ2n) is 6.18. The monoisotopic (exact) mass is 344 g/mol. The Bertz CT molecular complexity index is 778. The number of rotatable bonds is 5. The van der Waals surface area contributed by atoms with Crippen molar-refractivity contribution in [3.05, 3.63) is 46.1 Å². The third kappa shape index (κ3) is 3.69. The molecule has 2 heterocycles. The van der Waals surface area contributed by atoms with Gasteiger partial charge in [-0.15, -0.1) is 0 Å². The van der Waals surface area contributed by atoms with E-state index >= 15 is 0 Å². The highest BCUT2D eigenvalue weighted by atomic mass is 16.6. The number of carbonyl (C=O) groups is 1. The van der Waals surface area contributed by atoms with Crippen LogP contribution in [0.2, 0.25) is 0 Å². The standard InChI is InChI=1S/C17H20N4O4/c1-11(15-4-3-9-25-15)18-17(22)14-10-20(2)19-16(14)12-5-7-13(8-6-12)21(23)24/h5-8,10-11,15H,3-4,9H2,1-2H3,(H,18,22)/t11-,15+/m0/s1. The number of hydrogen-bond acceptors (Lipinski definition) is 5. The van der Waals surface area contributed by atoms with Gasteiger partial charge < -0.3 is 10.1 Å². The molecule has 0 spiro atoms. The fourth-order valence-electron chi connectivity index (χ4n) is 2.98. The summed E-state index contributed by atoms with van der Waals surface area (Å²) >= 11 is 0. The predicted molar refractivity (Wildman–Crippen MR) is 91.2 cm³/mol. The van der Waals surface area contributed by atoms with Crippen LogP contribution >= 0.6 is 0 Å². The first kappa shape index (κ1) is 17.1. The summed E-state index contributed by atoms with van der Waals surface area (Å²) in [5, 5.41) is 18.1. The summed E-state index contributed by atoms with van der Waals surface area (Å²) in [5.74, 6) is -0.232. The van der Waals surface area contributed by atoms with Crippen molar-refractivity contribution < 1.29 is 14.5 Å². The van der Waals surface area contributed by atoms with Crippen LogP contribution in [0, 0.1) is 10.1 Å². The molecule has 1 amide bonds. The summed E-state index contributed by atoms with van der Waals surface area (Å²) in [5.41, 5.74) is 1.58. The maximum atomic E-state index is 12.7. The number of nitro benzene ring substituents is 1. The summed E-state index contributed by atoms with van der Waals surface area (Å²) in [6.07, 6.45) is 3.62. The first-order valence-electron chi connectivity index (χ1n) is 8.16. The Balaban J connectivity index is 1.82. The predicted octanol–water partition coefficient (Wildman–Crippen LogP) is 2.29. The number of hydrogen-bond donors (Lipinski definition) is 1. The smallest absolute Gasteiger partial charge is 0.269 e. The van der Waals surface area contributed by atoms with Gasteiger partial charge in [-0.1, -0.05) is 0 Å². The summed E-state index contributed by atoms with van der Waals surface area (Å²) in [6.45, 7) is 2.65. The van der Waals surface area contributed by atoms with E-state index in [9.17, 15) is 14.9 Å². The molecule has 1 aliphatic rings. The molecule has 132 valence electrons. The largest absolute Gasteiger partial charge is 0.376 e. The van der Waals surface area contributed by atoms with Gasteiger partial charge in [-0.3, -0.25) is 19.6 Å². The number of aryl methyl sites for hydroxylation is 1. The first-order chi connectivity index (χ1) is 12.0. The lowest BCUT2D eigenvalue weighted by Gasteiger charge is -2.19. The van der Waals surface area contributed by atoms with Crippen molar-refractivity contribution in [1.29, 1.82) is 0 Å². The number of amides is 1. The number of carbonyl (C=O) groups excluding carboxylic acids is 1. The third-order valence-electron chi connectivity index (χ3n) is 4.31. The van der Waals surface area contributed by atoms with Crippen LogP contribution in [0.5, 0.6) is 0 Å². The minimum absolute atomic E-state index is 0.00214. The van der Waals surface area contributed by atoms with E-state index in [2.05, 4.69) is 10.4 Å². The van der Waals surface area contributed by atoms with Crippen LogP contribution < -0.4 is 5.32 Å². The topological polar surface area (TPSA) is 99.3 Å². The molecule has 1 aromatic carbocycles. The Labute approximate surface area is 144 Å². The fraction of sp³-hybridized carbons (Fsp3) is 0.412. The molecule has 0 radical (unpaired) electrons. The van der Waals surface area contributed by atoms with Crippen LogP contribution in [0.3, 0.4) is 0 Å². The molecule has 0 aliphatic carbocycles. The number of benzene rings is 1. The van der Waals surface area contributed by atoms with Crippen molar-refractivity contribution in [3.63, 3.8) is 0 Å². The highest BCUT2D eigenvalue weighted by Crippen LogP contribution is 2.25. The van der Waals surface area contributed by atoms with E-state index < -0.39 is 4.92 Å². The molecule has 0 saturated carbocycles. The normalized spacial score (nSPS) is 18.1. The van der Waals surface area contributed by atoms with E-state index in [-0.39, 0.29) is 23.7 Å². The summed E-state index contributed by atoms with van der Waals surface area (Å²) in [7, 11) is 1.73. The van der Waals surface area contributed by atoms with Crippen molar-refractivity contribution in [1.82, 2.24) is 15.1 Å². The van der Waals surface area contributed by atoms with Crippen LogP contribution in [-0.2, 0) is 11.8 Å². The van der Waals surface area contributed by atoms with Crippen molar-refractivity contribution >= 4 is 11.6 Å². The molecule has 1 saturated heterocycles. The van der Waals surface area contributed by atoms with Crippen molar-refractivity contribution in [2.75, 3.05) is 6.61 Å². The second kappa shape index (κ2) is 7.02. The summed E-state index contributed by atoms with van der Waals surface area (Å²) in [4.78, 5) is 23.0. The van der Waals surface area contributed by atoms with Gasteiger partial charge in [-0.2, -0.15) is 5.10 Å². The first-order valence-corrected chi connectivity index (χ1v) is 8.16. The molecule has 8 nitrogen and oxygen atoms in total. The molecule has 3 rings (SSSR count). The van der Waals surface area contributed by atoms with Crippen molar-refractivity contribution in [2.45, 2.75) is 31.9 Å². The number of nitrogens with zero attached hydrogens (tertiary/aromatic N) is 3. The molecular weight excluding hydrogens is 324 g/mol. The average Bonchev–Trinajstić information content (AvgIpc) is 3.24. The van der Waals surface area contributed by atoms with Crippen molar-refractivity contribution in [2.24, 2.45) is 7.05 Å². The van der Waals surface area contributed by atoms with E-state index in [1.54, 1.807) is 30.1 Å². The van der Waals surface area contributed by atoms with Gasteiger partial charge in [0, 0.05) is 37.5 Å². The zero-order chi connectivity index (χ0) is 18.0. The summed E-state index contributed by atoms with van der Waals surface area (Å²) in [6, 6.07) is 5.91. The third-order valence-corrected chi connectivity index (χ3v) is 4.31. The highest BCUT2D eigenvalue weighted by molar-refractivity contribution is 6.00. The Morgan fingerprint density at radius 3 is 2.76 bits per heavy atom. The van der Waals surface area contributed by atoms with E-state index in [4.69, 9.17) is 4.74 Å². The molecule has 1 N–H and O–H groups in total. The average molecular weight is 344 g/mol. The number of nitrogens with one attached hydrogen (secondary N) is 1. The minimum Gasteiger partial charge on any atom is -0.376 e. The van der Waals surface area contributed by atoms with E-state index in [0.29, 0.717) is 16.8 Å². The maximum absolute atomic E-state index is 12.7. The maximum Gasteiger partial charge on any atom is 0.269 e. The SMILES string of the molecule is C[C@H](NC(=O)c1cn(C)nc1-c1ccc([N+](=O)[O-])cc1)[C@H]1CCCO1. The number of aromatic nitrogens is 2. The molecule has 1 aliphatic heterocycles. The van der Waals surface area contributed by atoms with Crippen LogP contribution in [0.25, 0.3) is 11.3 Å².